The van der Waals surface area contributed by atoms with Gasteiger partial charge in [0.25, 0.3) is 0 Å². The summed E-state index contributed by atoms with van der Waals surface area (Å²) in [5, 5.41) is 24.4. The van der Waals surface area contributed by atoms with Crippen LogP contribution in [0.5, 0.6) is 0 Å². The third-order valence-electron chi connectivity index (χ3n) is 3.64. The van der Waals surface area contributed by atoms with Gasteiger partial charge in [0.05, 0.1) is 41.2 Å². The van der Waals surface area contributed by atoms with Crippen molar-refractivity contribution < 1.29 is 0 Å². The van der Waals surface area contributed by atoms with E-state index in [2.05, 4.69) is 35.3 Å². The molecule has 4 aromatic heterocycles. The first-order chi connectivity index (χ1) is 14.1. The molecule has 4 rings (SSSR count). The van der Waals surface area contributed by atoms with E-state index in [1.54, 1.807) is 30.6 Å². The molecule has 142 valence electrons. The molecule has 0 bridgehead atoms. The van der Waals surface area contributed by atoms with Crippen molar-refractivity contribution in [3.05, 3.63) is 60.9 Å². The largest absolute Gasteiger partial charge is 0.397 e. The maximum absolute atomic E-state index is 8.36. The molecule has 6 N–H and O–H groups in total. The Bertz CT molecular complexity index is 1090. The van der Waals surface area contributed by atoms with E-state index in [4.69, 9.17) is 22.5 Å². The average Bonchev–Trinajstić information content (AvgIpc) is 2.76. The van der Waals surface area contributed by atoms with Crippen LogP contribution in [0.1, 0.15) is 5.56 Å². The molecule has 11 heteroatoms. The molecule has 0 spiro atoms. The zero-order chi connectivity index (χ0) is 20.6. The van der Waals surface area contributed by atoms with Crippen LogP contribution in [0.25, 0.3) is 22.8 Å². The second-order valence-corrected chi connectivity index (χ2v) is 5.55. The van der Waals surface area contributed by atoms with Crippen LogP contribution in [0.4, 0.5) is 17.1 Å². The lowest BCUT2D eigenvalue weighted by molar-refractivity contribution is 0.876. The highest BCUT2D eigenvalue weighted by atomic mass is 15.3. The van der Waals surface area contributed by atoms with E-state index in [0.29, 0.717) is 45.4 Å². The second kappa shape index (κ2) is 8.78. The number of anilines is 3. The Morgan fingerprint density at radius 2 is 1.03 bits per heavy atom. The van der Waals surface area contributed by atoms with Gasteiger partial charge < -0.3 is 17.2 Å². The van der Waals surface area contributed by atoms with Crippen LogP contribution in [0, 0.1) is 11.3 Å². The van der Waals surface area contributed by atoms with Crippen molar-refractivity contribution in [2.75, 3.05) is 17.2 Å². The number of nitrogens with two attached hydrogens (primary N) is 3. The van der Waals surface area contributed by atoms with E-state index >= 15 is 0 Å². The Morgan fingerprint density at radius 3 is 1.38 bits per heavy atom. The fourth-order valence-electron chi connectivity index (χ4n) is 2.17. The maximum Gasteiger partial charge on any atom is 0.205 e. The minimum atomic E-state index is 0.335. The molecule has 0 unspecified atom stereocenters. The number of nitrogen functional groups attached to an aromatic ring is 3. The highest BCUT2D eigenvalue weighted by Gasteiger charge is 2.10. The molecule has 0 aromatic carbocycles. The first-order valence-electron chi connectivity index (χ1n) is 8.17. The van der Waals surface area contributed by atoms with Gasteiger partial charge in [-0.3, -0.25) is 15.0 Å². The number of hydrogen-bond acceptors (Lipinski definition) is 11. The van der Waals surface area contributed by atoms with Crippen LogP contribution in [0.15, 0.2) is 55.4 Å². The summed E-state index contributed by atoms with van der Waals surface area (Å²) in [6.07, 6.45) is 9.24. The molecule has 0 aliphatic heterocycles. The zero-order valence-electron chi connectivity index (χ0n) is 15.0. The number of pyridine rings is 3. The Labute approximate surface area is 165 Å². The van der Waals surface area contributed by atoms with Gasteiger partial charge in [-0.25, -0.2) is 0 Å². The van der Waals surface area contributed by atoms with Crippen molar-refractivity contribution in [3.8, 4) is 28.8 Å². The van der Waals surface area contributed by atoms with E-state index in [1.807, 2.05) is 6.07 Å². The number of rotatable bonds is 2. The minimum absolute atomic E-state index is 0.335. The van der Waals surface area contributed by atoms with E-state index in [0.717, 1.165) is 0 Å². The molecular weight excluding hydrogens is 370 g/mol. The lowest BCUT2D eigenvalue weighted by Crippen LogP contribution is -2.03. The lowest BCUT2D eigenvalue weighted by atomic mass is 10.2. The fraction of sp³-hybridized carbons (Fsp3) is 0. The van der Waals surface area contributed by atoms with Gasteiger partial charge in [-0.15, -0.1) is 20.4 Å². The van der Waals surface area contributed by atoms with Gasteiger partial charge in [0.2, 0.25) is 11.6 Å². The predicted molar refractivity (Wildman–Crippen MR) is 106 cm³/mol. The fourth-order valence-corrected chi connectivity index (χ4v) is 2.17. The van der Waals surface area contributed by atoms with Crippen LogP contribution in [0.3, 0.4) is 0 Å². The van der Waals surface area contributed by atoms with E-state index in [9.17, 15) is 0 Å². The summed E-state index contributed by atoms with van der Waals surface area (Å²) in [4.78, 5) is 11.5. The summed E-state index contributed by atoms with van der Waals surface area (Å²) in [5.41, 5.74) is 20.0. The summed E-state index contributed by atoms with van der Waals surface area (Å²) in [5.74, 6) is 0.669. The zero-order valence-corrected chi connectivity index (χ0v) is 15.0. The summed E-state index contributed by atoms with van der Waals surface area (Å²) in [6.45, 7) is 0. The molecule has 0 radical (unpaired) electrons. The summed E-state index contributed by atoms with van der Waals surface area (Å²) < 4.78 is 0. The van der Waals surface area contributed by atoms with Gasteiger partial charge in [0.1, 0.15) is 6.07 Å². The van der Waals surface area contributed by atoms with Crippen LogP contribution >= 0.6 is 0 Å². The van der Waals surface area contributed by atoms with Gasteiger partial charge in [-0.05, 0) is 18.2 Å². The molecule has 0 saturated carbocycles. The van der Waals surface area contributed by atoms with Crippen LogP contribution in [-0.4, -0.2) is 35.3 Å². The lowest BCUT2D eigenvalue weighted by Gasteiger charge is -2.04. The van der Waals surface area contributed by atoms with Crippen molar-refractivity contribution in [3.63, 3.8) is 0 Å². The maximum atomic E-state index is 8.36. The number of nitrogens with zero attached hydrogens (tertiary/aromatic N) is 8. The van der Waals surface area contributed by atoms with Crippen LogP contribution in [-0.2, 0) is 0 Å². The van der Waals surface area contributed by atoms with Gasteiger partial charge in [0, 0.05) is 29.7 Å². The molecule has 0 aliphatic rings. The Kier molecular flexibility index (Phi) is 5.77. The standard InChI is InChI=1S/C12H10N8.C6H5N3/c13-9-5-15-3-1-7(9)11-17-19-12(20-18-11)8-2-4-16-6-10(8)14;7-3-5-1-2-9-4-6(5)8/h1-6H,13-14H2;1-2,4H,8H2. The molecule has 0 fully saturated rings. The van der Waals surface area contributed by atoms with E-state index in [1.165, 1.54) is 24.8 Å². The first kappa shape index (κ1) is 19.1. The first-order valence-corrected chi connectivity index (χ1v) is 8.17. The Hall–Kier alpha value is -4.72. The van der Waals surface area contributed by atoms with Crippen molar-refractivity contribution in [2.45, 2.75) is 0 Å². The van der Waals surface area contributed by atoms with Crippen molar-refractivity contribution in [2.24, 2.45) is 0 Å². The van der Waals surface area contributed by atoms with Gasteiger partial charge in [-0.2, -0.15) is 5.26 Å². The number of aromatic nitrogens is 7. The van der Waals surface area contributed by atoms with Gasteiger partial charge >= 0.3 is 0 Å². The predicted octanol–water partition coefficient (Wildman–Crippen LogP) is 1.09. The molecule has 4 aromatic rings. The van der Waals surface area contributed by atoms with E-state index in [-0.39, 0.29) is 0 Å². The summed E-state index contributed by atoms with van der Waals surface area (Å²) >= 11 is 0. The van der Waals surface area contributed by atoms with Gasteiger partial charge in [-0.1, -0.05) is 0 Å². The summed E-state index contributed by atoms with van der Waals surface area (Å²) in [6, 6.07) is 6.91. The highest BCUT2D eigenvalue weighted by molar-refractivity contribution is 5.71. The minimum Gasteiger partial charge on any atom is -0.397 e. The molecule has 0 atom stereocenters. The van der Waals surface area contributed by atoms with Crippen LogP contribution in [0.2, 0.25) is 0 Å². The molecule has 0 saturated heterocycles. The third kappa shape index (κ3) is 4.52. The Balaban J connectivity index is 0.000000224. The van der Waals surface area contributed by atoms with Crippen molar-refractivity contribution >= 4 is 17.1 Å². The van der Waals surface area contributed by atoms with Crippen LogP contribution < -0.4 is 17.2 Å². The van der Waals surface area contributed by atoms with Crippen molar-refractivity contribution in [1.29, 1.82) is 5.26 Å². The molecule has 0 amide bonds. The smallest absolute Gasteiger partial charge is 0.205 e. The summed E-state index contributed by atoms with van der Waals surface area (Å²) in [7, 11) is 0. The molecular formula is C18H15N11. The second-order valence-electron chi connectivity index (χ2n) is 5.55. The highest BCUT2D eigenvalue weighted by Crippen LogP contribution is 2.22. The quantitative estimate of drug-likeness (QED) is 0.447. The SMILES string of the molecule is N#Cc1ccncc1N.Nc1cnccc1-c1nnc(-c2ccncc2N)nn1. The topological polar surface area (TPSA) is 192 Å². The van der Waals surface area contributed by atoms with E-state index < -0.39 is 0 Å². The van der Waals surface area contributed by atoms with Crippen molar-refractivity contribution in [1.82, 2.24) is 35.3 Å². The monoisotopic (exact) mass is 385 g/mol. The Morgan fingerprint density at radius 1 is 0.621 bits per heavy atom. The molecule has 0 aliphatic carbocycles. The molecule has 4 heterocycles. The molecule has 29 heavy (non-hydrogen) atoms. The average molecular weight is 385 g/mol. The van der Waals surface area contributed by atoms with Gasteiger partial charge in [0.15, 0.2) is 0 Å². The normalized spacial score (nSPS) is 9.76. The number of hydrogen-bond donors (Lipinski definition) is 3. The number of nitriles is 1. The molecule has 11 nitrogen and oxygen atoms in total. The third-order valence-corrected chi connectivity index (χ3v) is 3.64.